The van der Waals surface area contributed by atoms with Crippen LogP contribution in [0.15, 0.2) is 0 Å². The van der Waals surface area contributed by atoms with E-state index in [1.807, 2.05) is 34.7 Å². The molecule has 0 aromatic rings. The summed E-state index contributed by atoms with van der Waals surface area (Å²) in [5.74, 6) is 1.78. The van der Waals surface area contributed by atoms with Gasteiger partial charge in [0.2, 0.25) is 0 Å². The monoisotopic (exact) mass is 202 g/mol. The van der Waals surface area contributed by atoms with Crippen LogP contribution in [0, 0.1) is 11.8 Å². The summed E-state index contributed by atoms with van der Waals surface area (Å²) in [5, 5.41) is 6.65. The van der Waals surface area contributed by atoms with Gasteiger partial charge in [-0.2, -0.15) is 0 Å². The molecule has 1 aliphatic heterocycles. The maximum absolute atomic E-state index is 3.42. The summed E-state index contributed by atoms with van der Waals surface area (Å²) >= 11 is 0. The van der Waals surface area contributed by atoms with Crippen LogP contribution in [0.1, 0.15) is 41.0 Å². The second-order valence-corrected chi connectivity index (χ2v) is 3.14. The van der Waals surface area contributed by atoms with Crippen LogP contribution in [0.5, 0.6) is 0 Å². The predicted molar refractivity (Wildman–Crippen MR) is 66.8 cm³/mol. The van der Waals surface area contributed by atoms with E-state index in [-0.39, 0.29) is 0 Å². The topological polar surface area (TPSA) is 24.1 Å². The second kappa shape index (κ2) is 12.9. The van der Waals surface area contributed by atoms with Crippen molar-refractivity contribution in [3.05, 3.63) is 0 Å². The highest BCUT2D eigenvalue weighted by molar-refractivity contribution is 4.80. The Bertz CT molecular complexity index is 94.3. The number of rotatable bonds is 3. The lowest BCUT2D eigenvalue weighted by atomic mass is 9.94. The molecule has 2 unspecified atom stereocenters. The van der Waals surface area contributed by atoms with E-state index in [2.05, 4.69) is 17.6 Å². The Hall–Kier alpha value is -0.0800. The molecular weight excluding hydrogens is 172 g/mol. The van der Waals surface area contributed by atoms with Crippen LogP contribution in [-0.4, -0.2) is 26.7 Å². The van der Waals surface area contributed by atoms with Gasteiger partial charge in [0.05, 0.1) is 0 Å². The molecule has 0 aromatic heterocycles. The molecule has 88 valence electrons. The Labute approximate surface area is 90.9 Å². The van der Waals surface area contributed by atoms with Crippen LogP contribution in [0.4, 0.5) is 0 Å². The summed E-state index contributed by atoms with van der Waals surface area (Å²) < 4.78 is 0. The minimum Gasteiger partial charge on any atom is -0.319 e. The minimum atomic E-state index is 0.870. The summed E-state index contributed by atoms with van der Waals surface area (Å²) in [6.07, 6.45) is 1.32. The van der Waals surface area contributed by atoms with Crippen molar-refractivity contribution in [1.29, 1.82) is 0 Å². The minimum absolute atomic E-state index is 0.870. The second-order valence-electron chi connectivity index (χ2n) is 3.14. The summed E-state index contributed by atoms with van der Waals surface area (Å²) in [4.78, 5) is 0. The van der Waals surface area contributed by atoms with Crippen molar-refractivity contribution in [2.45, 2.75) is 41.0 Å². The number of nitrogens with one attached hydrogen (secondary N) is 2. The number of hydrogen-bond acceptors (Lipinski definition) is 2. The first kappa shape index (κ1) is 16.4. The van der Waals surface area contributed by atoms with E-state index in [1.54, 1.807) is 0 Å². The van der Waals surface area contributed by atoms with Gasteiger partial charge in [-0.1, -0.05) is 41.0 Å². The van der Waals surface area contributed by atoms with Gasteiger partial charge in [0.25, 0.3) is 0 Å². The number of hydrogen-bond donors (Lipinski definition) is 2. The lowest BCUT2D eigenvalue weighted by Gasteiger charge is -2.15. The molecule has 0 aliphatic carbocycles. The third kappa shape index (κ3) is 6.39. The zero-order valence-electron chi connectivity index (χ0n) is 11.0. The lowest BCUT2D eigenvalue weighted by molar-refractivity contribution is 0.396. The van der Waals surface area contributed by atoms with Gasteiger partial charge in [0.15, 0.2) is 0 Å². The standard InChI is InChI=1S/C8H18N2.2C2H6/c1-3-7-5-10-6-8(7)4-9-2;2*1-2/h7-10H,3-6H2,1-2H3;2*1-2H3. The van der Waals surface area contributed by atoms with Gasteiger partial charge in [-0.05, 0) is 38.5 Å². The van der Waals surface area contributed by atoms with Gasteiger partial charge in [0.1, 0.15) is 0 Å². The first-order valence-electron chi connectivity index (χ1n) is 6.23. The van der Waals surface area contributed by atoms with Crippen molar-refractivity contribution in [2.75, 3.05) is 26.7 Å². The molecule has 2 heteroatoms. The molecule has 2 nitrogen and oxygen atoms in total. The van der Waals surface area contributed by atoms with Gasteiger partial charge in [-0.15, -0.1) is 0 Å². The molecule has 14 heavy (non-hydrogen) atoms. The van der Waals surface area contributed by atoms with Crippen molar-refractivity contribution in [3.8, 4) is 0 Å². The fourth-order valence-corrected chi connectivity index (χ4v) is 1.77. The van der Waals surface area contributed by atoms with Crippen molar-refractivity contribution in [1.82, 2.24) is 10.6 Å². The van der Waals surface area contributed by atoms with Gasteiger partial charge >= 0.3 is 0 Å². The molecule has 1 saturated heterocycles. The average Bonchev–Trinajstić information content (AvgIpc) is 2.72. The van der Waals surface area contributed by atoms with Crippen molar-refractivity contribution < 1.29 is 0 Å². The van der Waals surface area contributed by atoms with E-state index in [1.165, 1.54) is 26.1 Å². The SMILES string of the molecule is CC.CC.CCC1CNCC1CNC. The third-order valence-electron chi connectivity index (χ3n) is 2.47. The third-order valence-corrected chi connectivity index (χ3v) is 2.47. The highest BCUT2D eigenvalue weighted by Crippen LogP contribution is 2.18. The van der Waals surface area contributed by atoms with E-state index in [0.717, 1.165) is 11.8 Å². The summed E-state index contributed by atoms with van der Waals surface area (Å²) in [6.45, 7) is 13.9. The smallest absolute Gasteiger partial charge is 0.000513 e. The van der Waals surface area contributed by atoms with Crippen LogP contribution in [0.3, 0.4) is 0 Å². The van der Waals surface area contributed by atoms with E-state index in [9.17, 15) is 0 Å². The highest BCUT2D eigenvalue weighted by Gasteiger charge is 2.23. The van der Waals surface area contributed by atoms with E-state index >= 15 is 0 Å². The molecule has 0 radical (unpaired) electrons. The molecule has 0 amide bonds. The van der Waals surface area contributed by atoms with Crippen LogP contribution < -0.4 is 10.6 Å². The van der Waals surface area contributed by atoms with Gasteiger partial charge in [0, 0.05) is 0 Å². The van der Waals surface area contributed by atoms with Gasteiger partial charge in [-0.25, -0.2) is 0 Å². The van der Waals surface area contributed by atoms with E-state index in [4.69, 9.17) is 0 Å². The Balaban J connectivity index is 0. The van der Waals surface area contributed by atoms with Crippen molar-refractivity contribution in [2.24, 2.45) is 11.8 Å². The summed E-state index contributed by atoms with van der Waals surface area (Å²) in [7, 11) is 2.03. The molecule has 1 aliphatic rings. The first-order chi connectivity index (χ1) is 6.88. The maximum Gasteiger partial charge on any atom is -0.000513 e. The molecule has 1 rings (SSSR count). The Kier molecular flexibility index (Phi) is 15.1. The fourth-order valence-electron chi connectivity index (χ4n) is 1.77. The Morgan fingerprint density at radius 3 is 2.00 bits per heavy atom. The lowest BCUT2D eigenvalue weighted by Crippen LogP contribution is -2.24. The zero-order chi connectivity index (χ0) is 11.4. The average molecular weight is 202 g/mol. The Morgan fingerprint density at radius 2 is 1.57 bits per heavy atom. The molecule has 2 N–H and O–H groups in total. The molecular formula is C12H30N2. The van der Waals surface area contributed by atoms with E-state index in [0.29, 0.717) is 0 Å². The normalized spacial score (nSPS) is 24.4. The van der Waals surface area contributed by atoms with Crippen molar-refractivity contribution >= 4 is 0 Å². The summed E-state index contributed by atoms with van der Waals surface area (Å²) in [5.41, 5.74) is 0. The summed E-state index contributed by atoms with van der Waals surface area (Å²) in [6, 6.07) is 0. The molecule has 0 spiro atoms. The van der Waals surface area contributed by atoms with E-state index < -0.39 is 0 Å². The van der Waals surface area contributed by atoms with Crippen LogP contribution in [0.2, 0.25) is 0 Å². The molecule has 1 fully saturated rings. The zero-order valence-corrected chi connectivity index (χ0v) is 11.0. The molecule has 0 bridgehead atoms. The van der Waals surface area contributed by atoms with Gasteiger partial charge in [-0.3, -0.25) is 0 Å². The predicted octanol–water partition coefficient (Wildman–Crippen LogP) is 2.50. The molecule has 1 heterocycles. The quantitative estimate of drug-likeness (QED) is 0.735. The Morgan fingerprint density at radius 1 is 1.07 bits per heavy atom. The highest BCUT2D eigenvalue weighted by atomic mass is 14.9. The van der Waals surface area contributed by atoms with Gasteiger partial charge < -0.3 is 10.6 Å². The van der Waals surface area contributed by atoms with Crippen LogP contribution >= 0.6 is 0 Å². The van der Waals surface area contributed by atoms with Crippen LogP contribution in [-0.2, 0) is 0 Å². The first-order valence-corrected chi connectivity index (χ1v) is 6.23. The van der Waals surface area contributed by atoms with Crippen molar-refractivity contribution in [3.63, 3.8) is 0 Å². The fraction of sp³-hybridized carbons (Fsp3) is 1.00. The maximum atomic E-state index is 3.42. The largest absolute Gasteiger partial charge is 0.319 e. The molecule has 2 atom stereocenters. The van der Waals surface area contributed by atoms with Crippen LogP contribution in [0.25, 0.3) is 0 Å². The molecule has 0 saturated carbocycles. The molecule has 0 aromatic carbocycles.